The number of carboxylic acids is 1. The fourth-order valence-corrected chi connectivity index (χ4v) is 1.60. The Morgan fingerprint density at radius 2 is 1.72 bits per heavy atom. The molecule has 18 heavy (non-hydrogen) atoms. The van der Waals surface area contributed by atoms with Gasteiger partial charge >= 0.3 is 5.97 Å². The van der Waals surface area contributed by atoms with Crippen LogP contribution in [-0.4, -0.2) is 23.5 Å². The second-order valence-corrected chi connectivity index (χ2v) is 4.82. The van der Waals surface area contributed by atoms with Crippen molar-refractivity contribution in [2.75, 3.05) is 11.4 Å². The van der Waals surface area contributed by atoms with Crippen LogP contribution in [0.5, 0.6) is 0 Å². The van der Waals surface area contributed by atoms with E-state index in [2.05, 4.69) is 0 Å². The van der Waals surface area contributed by atoms with Crippen LogP contribution in [0.25, 0.3) is 0 Å². The SMILES string of the molecule is CCN(C(=O)C(C)(C)C(=O)O)c1ccc(C)cc1. The highest BCUT2D eigenvalue weighted by Crippen LogP contribution is 2.24. The highest BCUT2D eigenvalue weighted by molar-refractivity contribution is 6.08. The van der Waals surface area contributed by atoms with E-state index in [1.165, 1.54) is 18.7 Å². The molecule has 0 aliphatic rings. The van der Waals surface area contributed by atoms with Crippen LogP contribution in [0, 0.1) is 12.3 Å². The van der Waals surface area contributed by atoms with E-state index < -0.39 is 17.3 Å². The molecule has 0 aliphatic carbocycles. The number of rotatable bonds is 4. The van der Waals surface area contributed by atoms with Crippen molar-refractivity contribution in [3.8, 4) is 0 Å². The van der Waals surface area contributed by atoms with Gasteiger partial charge in [-0.2, -0.15) is 0 Å². The first-order chi connectivity index (χ1) is 8.30. The standard InChI is InChI=1S/C14H19NO3/c1-5-15(11-8-6-10(2)7-9-11)12(16)14(3,4)13(17)18/h6-9H,5H2,1-4H3,(H,17,18). The van der Waals surface area contributed by atoms with Crippen molar-refractivity contribution in [1.29, 1.82) is 0 Å². The van der Waals surface area contributed by atoms with E-state index in [-0.39, 0.29) is 0 Å². The molecule has 4 nitrogen and oxygen atoms in total. The van der Waals surface area contributed by atoms with Crippen LogP contribution < -0.4 is 4.90 Å². The van der Waals surface area contributed by atoms with Gasteiger partial charge in [-0.25, -0.2) is 0 Å². The molecule has 1 amide bonds. The Kier molecular flexibility index (Phi) is 4.11. The Bertz CT molecular complexity index is 449. The maximum atomic E-state index is 12.3. The smallest absolute Gasteiger partial charge is 0.318 e. The maximum absolute atomic E-state index is 12.3. The molecule has 0 saturated heterocycles. The Hall–Kier alpha value is -1.84. The number of hydrogen-bond acceptors (Lipinski definition) is 2. The minimum Gasteiger partial charge on any atom is -0.480 e. The van der Waals surface area contributed by atoms with Gasteiger partial charge in [0.25, 0.3) is 0 Å². The lowest BCUT2D eigenvalue weighted by atomic mass is 9.91. The Morgan fingerprint density at radius 1 is 1.22 bits per heavy atom. The minimum atomic E-state index is -1.42. The summed E-state index contributed by atoms with van der Waals surface area (Å²) >= 11 is 0. The molecule has 1 rings (SSSR count). The van der Waals surface area contributed by atoms with Gasteiger partial charge in [-0.1, -0.05) is 17.7 Å². The van der Waals surface area contributed by atoms with Crippen LogP contribution in [0.4, 0.5) is 5.69 Å². The van der Waals surface area contributed by atoms with E-state index >= 15 is 0 Å². The fourth-order valence-electron chi connectivity index (χ4n) is 1.60. The van der Waals surface area contributed by atoms with Crippen molar-refractivity contribution in [1.82, 2.24) is 0 Å². The second-order valence-electron chi connectivity index (χ2n) is 4.82. The first-order valence-corrected chi connectivity index (χ1v) is 5.92. The molecular formula is C14H19NO3. The van der Waals surface area contributed by atoms with Crippen molar-refractivity contribution >= 4 is 17.6 Å². The van der Waals surface area contributed by atoms with Gasteiger partial charge in [0.2, 0.25) is 5.91 Å². The molecule has 98 valence electrons. The van der Waals surface area contributed by atoms with Gasteiger partial charge in [0.05, 0.1) is 0 Å². The summed E-state index contributed by atoms with van der Waals surface area (Å²) in [5, 5.41) is 9.10. The molecule has 0 spiro atoms. The molecular weight excluding hydrogens is 230 g/mol. The third kappa shape index (κ3) is 2.70. The summed E-state index contributed by atoms with van der Waals surface area (Å²) in [5.74, 6) is -1.51. The first kappa shape index (κ1) is 14.2. The lowest BCUT2D eigenvalue weighted by molar-refractivity contribution is -0.152. The molecule has 0 aromatic heterocycles. The minimum absolute atomic E-state index is 0.402. The summed E-state index contributed by atoms with van der Waals surface area (Å²) in [4.78, 5) is 24.9. The van der Waals surface area contributed by atoms with Crippen LogP contribution in [-0.2, 0) is 9.59 Å². The molecule has 1 aromatic carbocycles. The predicted molar refractivity (Wildman–Crippen MR) is 70.6 cm³/mol. The van der Waals surface area contributed by atoms with Crippen molar-refractivity contribution < 1.29 is 14.7 Å². The molecule has 1 aromatic rings. The van der Waals surface area contributed by atoms with Crippen molar-refractivity contribution in [2.24, 2.45) is 5.41 Å². The molecule has 4 heteroatoms. The summed E-state index contributed by atoms with van der Waals surface area (Å²) in [5.41, 5.74) is 0.406. The van der Waals surface area contributed by atoms with Crippen molar-refractivity contribution in [3.05, 3.63) is 29.8 Å². The lowest BCUT2D eigenvalue weighted by Gasteiger charge is -2.28. The zero-order valence-corrected chi connectivity index (χ0v) is 11.2. The van der Waals surface area contributed by atoms with Crippen LogP contribution in [0.15, 0.2) is 24.3 Å². The van der Waals surface area contributed by atoms with Gasteiger partial charge < -0.3 is 10.0 Å². The summed E-state index contributed by atoms with van der Waals surface area (Å²) < 4.78 is 0. The lowest BCUT2D eigenvalue weighted by Crippen LogP contribution is -2.45. The zero-order valence-electron chi connectivity index (χ0n) is 11.2. The predicted octanol–water partition coefficient (Wildman–Crippen LogP) is 2.46. The summed E-state index contributed by atoms with van der Waals surface area (Å²) in [6.07, 6.45) is 0. The van der Waals surface area contributed by atoms with Gasteiger partial charge in [0, 0.05) is 12.2 Å². The number of hydrogen-bond donors (Lipinski definition) is 1. The number of carbonyl (C=O) groups excluding carboxylic acids is 1. The molecule has 0 heterocycles. The summed E-state index contributed by atoms with van der Waals surface area (Å²) in [6, 6.07) is 7.46. The highest BCUT2D eigenvalue weighted by Gasteiger charge is 2.39. The van der Waals surface area contributed by atoms with E-state index in [0.717, 1.165) is 11.3 Å². The Balaban J connectivity index is 3.08. The molecule has 1 N–H and O–H groups in total. The van der Waals surface area contributed by atoms with Gasteiger partial charge in [-0.05, 0) is 39.8 Å². The number of carbonyl (C=O) groups is 2. The molecule has 0 unspecified atom stereocenters. The van der Waals surface area contributed by atoms with Crippen LogP contribution in [0.3, 0.4) is 0 Å². The molecule has 0 atom stereocenters. The number of amides is 1. The van der Waals surface area contributed by atoms with E-state index in [9.17, 15) is 9.59 Å². The molecule has 0 radical (unpaired) electrons. The number of benzene rings is 1. The normalized spacial score (nSPS) is 11.1. The molecule has 0 fully saturated rings. The Labute approximate surface area is 107 Å². The van der Waals surface area contributed by atoms with Crippen molar-refractivity contribution in [3.63, 3.8) is 0 Å². The highest BCUT2D eigenvalue weighted by atomic mass is 16.4. The fraction of sp³-hybridized carbons (Fsp3) is 0.429. The molecule has 0 bridgehead atoms. The third-order valence-corrected chi connectivity index (χ3v) is 2.98. The molecule has 0 saturated carbocycles. The summed E-state index contributed by atoms with van der Waals surface area (Å²) in [6.45, 7) is 7.08. The number of aliphatic carboxylic acids is 1. The van der Waals surface area contributed by atoms with Crippen LogP contribution >= 0.6 is 0 Å². The van der Waals surface area contributed by atoms with Gasteiger partial charge in [-0.3, -0.25) is 9.59 Å². The largest absolute Gasteiger partial charge is 0.480 e. The van der Waals surface area contributed by atoms with Gasteiger partial charge in [-0.15, -0.1) is 0 Å². The number of nitrogens with zero attached hydrogens (tertiary/aromatic N) is 1. The van der Waals surface area contributed by atoms with Gasteiger partial charge in [0.15, 0.2) is 0 Å². The zero-order chi connectivity index (χ0) is 13.9. The number of aryl methyl sites for hydroxylation is 1. The monoisotopic (exact) mass is 249 g/mol. The maximum Gasteiger partial charge on any atom is 0.318 e. The second kappa shape index (κ2) is 5.21. The van der Waals surface area contributed by atoms with E-state index in [4.69, 9.17) is 5.11 Å². The van der Waals surface area contributed by atoms with Crippen molar-refractivity contribution in [2.45, 2.75) is 27.7 Å². The number of carboxylic acid groups (broad SMARTS) is 1. The van der Waals surface area contributed by atoms with E-state index in [1.54, 1.807) is 0 Å². The molecule has 0 aliphatic heterocycles. The number of anilines is 1. The third-order valence-electron chi connectivity index (χ3n) is 2.98. The summed E-state index contributed by atoms with van der Waals surface area (Å²) in [7, 11) is 0. The average Bonchev–Trinajstić information content (AvgIpc) is 2.32. The first-order valence-electron chi connectivity index (χ1n) is 5.92. The van der Waals surface area contributed by atoms with E-state index in [1.807, 2.05) is 38.1 Å². The Morgan fingerprint density at radius 3 is 2.11 bits per heavy atom. The van der Waals surface area contributed by atoms with Crippen LogP contribution in [0.1, 0.15) is 26.3 Å². The topological polar surface area (TPSA) is 57.6 Å². The average molecular weight is 249 g/mol. The quantitative estimate of drug-likeness (QED) is 0.834. The van der Waals surface area contributed by atoms with Gasteiger partial charge in [0.1, 0.15) is 5.41 Å². The van der Waals surface area contributed by atoms with E-state index in [0.29, 0.717) is 6.54 Å². The van der Waals surface area contributed by atoms with Crippen LogP contribution in [0.2, 0.25) is 0 Å².